The van der Waals surface area contributed by atoms with Crippen LogP contribution in [0.2, 0.25) is 0 Å². The molecule has 3 N–H and O–H groups in total. The van der Waals surface area contributed by atoms with Gasteiger partial charge in [0, 0.05) is 10.9 Å². The molecule has 0 bridgehead atoms. The van der Waals surface area contributed by atoms with Gasteiger partial charge >= 0.3 is 0 Å². The molecule has 0 radical (unpaired) electrons. The predicted molar refractivity (Wildman–Crippen MR) is 100 cm³/mol. The van der Waals surface area contributed by atoms with Crippen molar-refractivity contribution in [1.82, 2.24) is 16.2 Å². The molecule has 1 amide bonds. The molecule has 0 aliphatic heterocycles. The van der Waals surface area contributed by atoms with Gasteiger partial charge in [-0.25, -0.2) is 0 Å². The van der Waals surface area contributed by atoms with Crippen molar-refractivity contribution < 1.29 is 4.79 Å². The molecule has 126 valence electrons. The smallest absolute Gasteiger partial charge is 0.248 e. The number of thiocarbonyl (C=S) groups is 1. The Morgan fingerprint density at radius 2 is 1.96 bits per heavy atom. The number of nitrogens with one attached hydrogen (secondary N) is 3. The van der Waals surface area contributed by atoms with Gasteiger partial charge in [0.15, 0.2) is 5.11 Å². The molecule has 0 saturated heterocycles. The van der Waals surface area contributed by atoms with Gasteiger partial charge in [-0.3, -0.25) is 15.6 Å². The molecule has 1 aliphatic rings. The third kappa shape index (κ3) is 6.03. The summed E-state index contributed by atoms with van der Waals surface area (Å²) >= 11 is 6.78. The Labute approximate surface area is 148 Å². The molecule has 0 heterocycles. The van der Waals surface area contributed by atoms with Crippen molar-refractivity contribution in [2.24, 2.45) is 11.8 Å². The van der Waals surface area contributed by atoms with Crippen molar-refractivity contribution in [3.63, 3.8) is 0 Å². The van der Waals surface area contributed by atoms with Crippen molar-refractivity contribution in [2.45, 2.75) is 44.0 Å². The summed E-state index contributed by atoms with van der Waals surface area (Å²) in [5, 5.41) is 3.82. The largest absolute Gasteiger partial charge is 0.358 e. The van der Waals surface area contributed by atoms with Crippen molar-refractivity contribution in [3.8, 4) is 0 Å². The van der Waals surface area contributed by atoms with Crippen LogP contribution in [-0.4, -0.2) is 22.8 Å². The fourth-order valence-electron chi connectivity index (χ4n) is 2.82. The first kappa shape index (κ1) is 18.1. The van der Waals surface area contributed by atoms with E-state index in [9.17, 15) is 4.79 Å². The number of benzene rings is 1. The third-order valence-electron chi connectivity index (χ3n) is 4.45. The molecule has 1 fully saturated rings. The molecule has 23 heavy (non-hydrogen) atoms. The second-order valence-corrected chi connectivity index (χ2v) is 7.58. The number of amides is 1. The molecule has 0 spiro atoms. The highest BCUT2D eigenvalue weighted by atomic mass is 32.2. The van der Waals surface area contributed by atoms with E-state index in [0.29, 0.717) is 28.7 Å². The molecule has 1 saturated carbocycles. The lowest BCUT2D eigenvalue weighted by atomic mass is 9.78. The van der Waals surface area contributed by atoms with Crippen LogP contribution in [0.4, 0.5) is 0 Å². The molecule has 0 aromatic heterocycles. The fraction of sp³-hybridized carbons (Fsp3) is 0.529. The number of rotatable bonds is 4. The summed E-state index contributed by atoms with van der Waals surface area (Å²) in [6.45, 7) is 4.55. The van der Waals surface area contributed by atoms with Crippen molar-refractivity contribution >= 4 is 35.0 Å². The molecule has 6 heteroatoms. The SMILES string of the molecule is C[C@@H]1[C@@H](C)CCC[C@H]1NC(=S)NNC(=O)CSc1ccccc1. The van der Waals surface area contributed by atoms with E-state index >= 15 is 0 Å². The quantitative estimate of drug-likeness (QED) is 0.442. The normalized spacial score (nSPS) is 23.8. The average Bonchev–Trinajstić information content (AvgIpc) is 2.56. The second-order valence-electron chi connectivity index (χ2n) is 6.12. The molecule has 3 atom stereocenters. The molecular weight excluding hydrogens is 326 g/mol. The first-order chi connectivity index (χ1) is 11.1. The standard InChI is InChI=1S/C17H25N3OS2/c1-12-7-6-10-15(13(12)2)18-17(22)20-19-16(21)11-23-14-8-4-3-5-9-14/h3-5,8-9,12-13,15H,6-7,10-11H2,1-2H3,(H,19,21)(H2,18,20,22)/t12-,13+,15+/m0/s1. The van der Waals surface area contributed by atoms with E-state index < -0.39 is 0 Å². The number of hydrazine groups is 1. The number of hydrogen-bond donors (Lipinski definition) is 3. The molecule has 1 aromatic rings. The van der Waals surface area contributed by atoms with E-state index in [1.54, 1.807) is 0 Å². The molecule has 1 aromatic carbocycles. The Morgan fingerprint density at radius 3 is 2.70 bits per heavy atom. The van der Waals surface area contributed by atoms with E-state index in [0.717, 1.165) is 11.3 Å². The van der Waals surface area contributed by atoms with E-state index in [4.69, 9.17) is 12.2 Å². The van der Waals surface area contributed by atoms with Crippen LogP contribution in [0.3, 0.4) is 0 Å². The van der Waals surface area contributed by atoms with Crippen molar-refractivity contribution in [3.05, 3.63) is 30.3 Å². The topological polar surface area (TPSA) is 53.2 Å². The van der Waals surface area contributed by atoms with Gasteiger partial charge in [0.1, 0.15) is 0 Å². The first-order valence-corrected chi connectivity index (χ1v) is 9.49. The fourth-order valence-corrected chi connectivity index (χ4v) is 3.74. The summed E-state index contributed by atoms with van der Waals surface area (Å²) in [5.74, 6) is 1.57. The second kappa shape index (κ2) is 9.13. The maximum absolute atomic E-state index is 11.8. The summed E-state index contributed by atoms with van der Waals surface area (Å²) in [4.78, 5) is 12.9. The first-order valence-electron chi connectivity index (χ1n) is 8.09. The van der Waals surface area contributed by atoms with E-state index in [2.05, 4.69) is 30.0 Å². The monoisotopic (exact) mass is 351 g/mol. The maximum atomic E-state index is 11.8. The Balaban J connectivity index is 1.66. The zero-order chi connectivity index (χ0) is 16.7. The third-order valence-corrected chi connectivity index (χ3v) is 5.68. The van der Waals surface area contributed by atoms with Crippen molar-refractivity contribution in [1.29, 1.82) is 0 Å². The molecular formula is C17H25N3OS2. The van der Waals surface area contributed by atoms with Gasteiger partial charge in [0.2, 0.25) is 5.91 Å². The number of hydrogen-bond acceptors (Lipinski definition) is 3. The lowest BCUT2D eigenvalue weighted by Crippen LogP contribution is -2.52. The van der Waals surface area contributed by atoms with E-state index in [1.165, 1.54) is 24.6 Å². The highest BCUT2D eigenvalue weighted by molar-refractivity contribution is 8.00. The van der Waals surface area contributed by atoms with Crippen LogP contribution in [-0.2, 0) is 4.79 Å². The number of thioether (sulfide) groups is 1. The summed E-state index contributed by atoms with van der Waals surface area (Å²) in [7, 11) is 0. The highest BCUT2D eigenvalue weighted by Gasteiger charge is 2.27. The van der Waals surface area contributed by atoms with Crippen molar-refractivity contribution in [2.75, 3.05) is 5.75 Å². The Bertz CT molecular complexity index is 524. The van der Waals surface area contributed by atoms with Crippen LogP contribution in [0.1, 0.15) is 33.1 Å². The number of carbonyl (C=O) groups is 1. The van der Waals surface area contributed by atoms with Gasteiger partial charge < -0.3 is 5.32 Å². The summed E-state index contributed by atoms with van der Waals surface area (Å²) < 4.78 is 0. The van der Waals surface area contributed by atoms with Gasteiger partial charge in [-0.15, -0.1) is 11.8 Å². The zero-order valence-electron chi connectivity index (χ0n) is 13.7. The van der Waals surface area contributed by atoms with Crippen LogP contribution in [0.15, 0.2) is 35.2 Å². The van der Waals surface area contributed by atoms with Gasteiger partial charge in [0.05, 0.1) is 5.75 Å². The zero-order valence-corrected chi connectivity index (χ0v) is 15.3. The summed E-state index contributed by atoms with van der Waals surface area (Å²) in [5.41, 5.74) is 5.46. The van der Waals surface area contributed by atoms with Gasteiger partial charge in [-0.1, -0.05) is 44.9 Å². The molecule has 2 rings (SSSR count). The maximum Gasteiger partial charge on any atom is 0.248 e. The van der Waals surface area contributed by atoms with Gasteiger partial charge in [-0.05, 0) is 42.6 Å². The van der Waals surface area contributed by atoms with E-state index in [-0.39, 0.29) is 5.91 Å². The van der Waals surface area contributed by atoms with Gasteiger partial charge in [-0.2, -0.15) is 0 Å². The highest BCUT2D eigenvalue weighted by Crippen LogP contribution is 2.29. The minimum atomic E-state index is -0.0898. The summed E-state index contributed by atoms with van der Waals surface area (Å²) in [6.07, 6.45) is 3.64. The van der Waals surface area contributed by atoms with E-state index in [1.807, 2.05) is 30.3 Å². The lowest BCUT2D eigenvalue weighted by Gasteiger charge is -2.35. The minimum Gasteiger partial charge on any atom is -0.358 e. The lowest BCUT2D eigenvalue weighted by molar-refractivity contribution is -0.119. The minimum absolute atomic E-state index is 0.0898. The average molecular weight is 352 g/mol. The Morgan fingerprint density at radius 1 is 1.22 bits per heavy atom. The van der Waals surface area contributed by atoms with Crippen LogP contribution >= 0.6 is 24.0 Å². The molecule has 1 aliphatic carbocycles. The van der Waals surface area contributed by atoms with Crippen LogP contribution in [0.25, 0.3) is 0 Å². The molecule has 0 unspecified atom stereocenters. The van der Waals surface area contributed by atoms with Crippen LogP contribution in [0, 0.1) is 11.8 Å². The number of carbonyl (C=O) groups excluding carboxylic acids is 1. The Hall–Kier alpha value is -1.27. The predicted octanol–water partition coefficient (Wildman–Crippen LogP) is 3.10. The molecule has 4 nitrogen and oxygen atoms in total. The van der Waals surface area contributed by atoms with Crippen LogP contribution < -0.4 is 16.2 Å². The van der Waals surface area contributed by atoms with Gasteiger partial charge in [0.25, 0.3) is 0 Å². The van der Waals surface area contributed by atoms with Crippen LogP contribution in [0.5, 0.6) is 0 Å². The summed E-state index contributed by atoms with van der Waals surface area (Å²) in [6, 6.07) is 10.2. The Kier molecular flexibility index (Phi) is 7.17.